The number of carbonyl (C=O) groups excluding carboxylic acids is 1. The molecule has 4 nitrogen and oxygen atoms in total. The number of rotatable bonds is 5. The maximum atomic E-state index is 11.0. The van der Waals surface area contributed by atoms with Gasteiger partial charge in [0.1, 0.15) is 11.5 Å². The van der Waals surface area contributed by atoms with Crippen LogP contribution in [-0.2, 0) is 6.54 Å². The zero-order chi connectivity index (χ0) is 13.8. The zero-order valence-electron chi connectivity index (χ0n) is 11.1. The summed E-state index contributed by atoms with van der Waals surface area (Å²) in [5.74, 6) is 1.43. The van der Waals surface area contributed by atoms with Crippen molar-refractivity contribution >= 4 is 5.91 Å². The van der Waals surface area contributed by atoms with Gasteiger partial charge in [-0.05, 0) is 43.7 Å². The number of hydrogen-bond acceptors (Lipinski definition) is 3. The van der Waals surface area contributed by atoms with Crippen molar-refractivity contribution in [2.24, 2.45) is 5.73 Å². The van der Waals surface area contributed by atoms with Crippen LogP contribution in [0.5, 0.6) is 0 Å². The van der Waals surface area contributed by atoms with Gasteiger partial charge in [0.15, 0.2) is 0 Å². The monoisotopic (exact) mass is 258 g/mol. The first kappa shape index (κ1) is 13.4. The molecule has 19 heavy (non-hydrogen) atoms. The highest BCUT2D eigenvalue weighted by Crippen LogP contribution is 2.16. The fourth-order valence-electron chi connectivity index (χ4n) is 1.84. The molecule has 0 saturated heterocycles. The molecule has 1 aromatic carbocycles. The molecule has 0 saturated carbocycles. The minimum atomic E-state index is -0.404. The van der Waals surface area contributed by atoms with Crippen molar-refractivity contribution in [2.45, 2.75) is 26.4 Å². The summed E-state index contributed by atoms with van der Waals surface area (Å²) in [6.07, 6.45) is 0. The van der Waals surface area contributed by atoms with Crippen molar-refractivity contribution < 1.29 is 9.21 Å². The fraction of sp³-hybridized carbons (Fsp3) is 0.267. The van der Waals surface area contributed by atoms with Crippen molar-refractivity contribution in [3.05, 3.63) is 59.0 Å². The number of nitrogens with one attached hydrogen (secondary N) is 1. The molecule has 2 aromatic rings. The highest BCUT2D eigenvalue weighted by Gasteiger charge is 2.08. The van der Waals surface area contributed by atoms with Crippen LogP contribution in [0.2, 0.25) is 0 Å². The Kier molecular flexibility index (Phi) is 4.02. The van der Waals surface area contributed by atoms with Gasteiger partial charge in [-0.3, -0.25) is 4.79 Å². The van der Waals surface area contributed by atoms with Crippen molar-refractivity contribution in [3.8, 4) is 0 Å². The Morgan fingerprint density at radius 2 is 1.95 bits per heavy atom. The van der Waals surface area contributed by atoms with E-state index in [1.807, 2.05) is 31.2 Å². The lowest BCUT2D eigenvalue weighted by atomic mass is 10.1. The maximum Gasteiger partial charge on any atom is 0.248 e. The third-order valence-corrected chi connectivity index (χ3v) is 3.04. The zero-order valence-corrected chi connectivity index (χ0v) is 11.1. The van der Waals surface area contributed by atoms with E-state index in [0.717, 1.165) is 17.1 Å². The van der Waals surface area contributed by atoms with E-state index in [0.29, 0.717) is 12.1 Å². The van der Waals surface area contributed by atoms with Gasteiger partial charge in [-0.2, -0.15) is 0 Å². The Labute approximate surface area is 112 Å². The fourth-order valence-corrected chi connectivity index (χ4v) is 1.84. The van der Waals surface area contributed by atoms with Crippen LogP contribution >= 0.6 is 0 Å². The number of aryl methyl sites for hydroxylation is 1. The van der Waals surface area contributed by atoms with Gasteiger partial charge in [0, 0.05) is 12.1 Å². The van der Waals surface area contributed by atoms with E-state index in [2.05, 4.69) is 12.2 Å². The molecule has 1 atom stereocenters. The number of nitrogens with two attached hydrogens (primary N) is 1. The quantitative estimate of drug-likeness (QED) is 0.866. The summed E-state index contributed by atoms with van der Waals surface area (Å²) in [4.78, 5) is 11.0. The molecule has 0 spiro atoms. The van der Waals surface area contributed by atoms with Crippen LogP contribution in [0.4, 0.5) is 0 Å². The van der Waals surface area contributed by atoms with Crippen molar-refractivity contribution in [1.29, 1.82) is 0 Å². The van der Waals surface area contributed by atoms with Crippen LogP contribution in [0.25, 0.3) is 0 Å². The van der Waals surface area contributed by atoms with Crippen LogP contribution in [-0.4, -0.2) is 5.91 Å². The minimum Gasteiger partial charge on any atom is -0.465 e. The first-order chi connectivity index (χ1) is 9.06. The van der Waals surface area contributed by atoms with E-state index < -0.39 is 5.91 Å². The summed E-state index contributed by atoms with van der Waals surface area (Å²) in [5, 5.41) is 3.37. The van der Waals surface area contributed by atoms with Crippen molar-refractivity contribution in [2.75, 3.05) is 0 Å². The number of hydrogen-bond donors (Lipinski definition) is 2. The lowest BCUT2D eigenvalue weighted by molar-refractivity contribution is 0.100. The summed E-state index contributed by atoms with van der Waals surface area (Å²) in [6, 6.07) is 11.3. The Hall–Kier alpha value is -2.07. The molecule has 0 aliphatic carbocycles. The van der Waals surface area contributed by atoms with Gasteiger partial charge in [0.05, 0.1) is 6.04 Å². The molecule has 1 aromatic heterocycles. The normalized spacial score (nSPS) is 12.3. The van der Waals surface area contributed by atoms with Crippen LogP contribution in [0.1, 0.15) is 40.4 Å². The molecule has 4 heteroatoms. The van der Waals surface area contributed by atoms with Crippen molar-refractivity contribution in [3.63, 3.8) is 0 Å². The molecule has 0 aliphatic heterocycles. The summed E-state index contributed by atoms with van der Waals surface area (Å²) in [6.45, 7) is 4.69. The number of amides is 1. The van der Waals surface area contributed by atoms with Gasteiger partial charge in [-0.25, -0.2) is 0 Å². The highest BCUT2D eigenvalue weighted by atomic mass is 16.3. The minimum absolute atomic E-state index is 0.143. The SMILES string of the molecule is Cc1ccc(C(C)NCc2ccc(C(N)=O)cc2)o1. The van der Waals surface area contributed by atoms with Gasteiger partial charge in [0.25, 0.3) is 0 Å². The van der Waals surface area contributed by atoms with Crippen LogP contribution in [0, 0.1) is 6.92 Å². The van der Waals surface area contributed by atoms with E-state index >= 15 is 0 Å². The van der Waals surface area contributed by atoms with Crippen molar-refractivity contribution in [1.82, 2.24) is 5.32 Å². The second-order valence-corrected chi connectivity index (χ2v) is 4.61. The highest BCUT2D eigenvalue weighted by molar-refractivity contribution is 5.92. The molecule has 0 fully saturated rings. The molecule has 1 unspecified atom stereocenters. The molecular weight excluding hydrogens is 240 g/mol. The van der Waals surface area contributed by atoms with E-state index in [-0.39, 0.29) is 6.04 Å². The van der Waals surface area contributed by atoms with E-state index in [1.165, 1.54) is 0 Å². The summed E-state index contributed by atoms with van der Waals surface area (Å²) in [7, 11) is 0. The number of furan rings is 1. The van der Waals surface area contributed by atoms with E-state index in [9.17, 15) is 4.79 Å². The Morgan fingerprint density at radius 3 is 2.47 bits per heavy atom. The Bertz CT molecular complexity index is 558. The molecule has 0 bridgehead atoms. The molecule has 3 N–H and O–H groups in total. The van der Waals surface area contributed by atoms with Crippen LogP contribution in [0.15, 0.2) is 40.8 Å². The largest absolute Gasteiger partial charge is 0.465 e. The first-order valence-corrected chi connectivity index (χ1v) is 6.24. The van der Waals surface area contributed by atoms with Gasteiger partial charge < -0.3 is 15.5 Å². The molecular formula is C15H18N2O2. The third-order valence-electron chi connectivity index (χ3n) is 3.04. The van der Waals surface area contributed by atoms with Gasteiger partial charge in [-0.1, -0.05) is 12.1 Å². The van der Waals surface area contributed by atoms with Gasteiger partial charge >= 0.3 is 0 Å². The second kappa shape index (κ2) is 5.71. The maximum absolute atomic E-state index is 11.0. The third kappa shape index (κ3) is 3.45. The number of benzene rings is 1. The molecule has 100 valence electrons. The van der Waals surface area contributed by atoms with Gasteiger partial charge in [0.2, 0.25) is 5.91 Å². The molecule has 1 heterocycles. The lowest BCUT2D eigenvalue weighted by Crippen LogP contribution is -2.17. The summed E-state index contributed by atoms with van der Waals surface area (Å²) in [5.41, 5.74) is 6.82. The lowest BCUT2D eigenvalue weighted by Gasteiger charge is -2.11. The predicted molar refractivity (Wildman–Crippen MR) is 73.7 cm³/mol. The topological polar surface area (TPSA) is 68.3 Å². The second-order valence-electron chi connectivity index (χ2n) is 4.61. The standard InChI is InChI=1S/C15H18N2O2/c1-10-3-8-14(19-10)11(2)17-9-12-4-6-13(7-5-12)15(16)18/h3-8,11,17H,9H2,1-2H3,(H2,16,18). The smallest absolute Gasteiger partial charge is 0.248 e. The molecule has 2 rings (SSSR count). The number of primary amides is 1. The molecule has 1 amide bonds. The van der Waals surface area contributed by atoms with Gasteiger partial charge in [-0.15, -0.1) is 0 Å². The Morgan fingerprint density at radius 1 is 1.26 bits per heavy atom. The van der Waals surface area contributed by atoms with Crippen LogP contribution < -0.4 is 11.1 Å². The Balaban J connectivity index is 1.93. The number of carbonyl (C=O) groups is 1. The summed E-state index contributed by atoms with van der Waals surface area (Å²) >= 11 is 0. The predicted octanol–water partition coefficient (Wildman–Crippen LogP) is 2.54. The average molecular weight is 258 g/mol. The van der Waals surface area contributed by atoms with E-state index in [1.54, 1.807) is 12.1 Å². The van der Waals surface area contributed by atoms with E-state index in [4.69, 9.17) is 10.2 Å². The first-order valence-electron chi connectivity index (χ1n) is 6.24. The summed E-state index contributed by atoms with van der Waals surface area (Å²) < 4.78 is 5.56. The average Bonchev–Trinajstić information content (AvgIpc) is 2.83. The van der Waals surface area contributed by atoms with Crippen LogP contribution in [0.3, 0.4) is 0 Å². The molecule has 0 aliphatic rings. The molecule has 0 radical (unpaired) electrons.